The van der Waals surface area contributed by atoms with Crippen molar-refractivity contribution in [3.05, 3.63) is 33.9 Å². The van der Waals surface area contributed by atoms with E-state index in [0.717, 1.165) is 32.2 Å². The first-order valence-electron chi connectivity index (χ1n) is 7.77. The summed E-state index contributed by atoms with van der Waals surface area (Å²) in [7, 11) is 0. The molecule has 1 fully saturated rings. The summed E-state index contributed by atoms with van der Waals surface area (Å²) in [5.41, 5.74) is 1.40. The van der Waals surface area contributed by atoms with Gasteiger partial charge in [-0.05, 0) is 44.2 Å². The van der Waals surface area contributed by atoms with E-state index in [9.17, 15) is 15.2 Å². The number of nitro groups is 1. The molecule has 21 heavy (non-hydrogen) atoms. The van der Waals surface area contributed by atoms with Crippen LogP contribution < -0.4 is 4.90 Å². The second kappa shape index (κ2) is 6.89. The van der Waals surface area contributed by atoms with E-state index < -0.39 is 6.10 Å². The lowest BCUT2D eigenvalue weighted by molar-refractivity contribution is -0.384. The van der Waals surface area contributed by atoms with Crippen molar-refractivity contribution < 1.29 is 10.0 Å². The fourth-order valence-corrected chi connectivity index (χ4v) is 3.14. The second-order valence-corrected chi connectivity index (χ2v) is 5.81. The van der Waals surface area contributed by atoms with Crippen LogP contribution in [0.15, 0.2) is 18.2 Å². The third kappa shape index (κ3) is 3.53. The molecule has 0 aromatic heterocycles. The van der Waals surface area contributed by atoms with Crippen molar-refractivity contribution in [3.8, 4) is 0 Å². The summed E-state index contributed by atoms with van der Waals surface area (Å²) < 4.78 is 0. The minimum atomic E-state index is -0.689. The van der Waals surface area contributed by atoms with Gasteiger partial charge < -0.3 is 10.0 Å². The Morgan fingerprint density at radius 2 is 2.24 bits per heavy atom. The third-order valence-electron chi connectivity index (χ3n) is 4.24. The van der Waals surface area contributed by atoms with Gasteiger partial charge in [-0.3, -0.25) is 10.1 Å². The van der Waals surface area contributed by atoms with Gasteiger partial charge in [-0.2, -0.15) is 0 Å². The van der Waals surface area contributed by atoms with E-state index in [1.165, 1.54) is 12.5 Å². The lowest BCUT2D eigenvalue weighted by Crippen LogP contribution is -2.39. The van der Waals surface area contributed by atoms with Gasteiger partial charge in [-0.1, -0.05) is 19.4 Å². The van der Waals surface area contributed by atoms with Gasteiger partial charge in [0.25, 0.3) is 5.69 Å². The van der Waals surface area contributed by atoms with E-state index in [1.54, 1.807) is 19.1 Å². The zero-order valence-corrected chi connectivity index (χ0v) is 12.8. The third-order valence-corrected chi connectivity index (χ3v) is 4.24. The number of anilines is 1. The summed E-state index contributed by atoms with van der Waals surface area (Å²) in [6, 6.07) is 5.50. The van der Waals surface area contributed by atoms with Crippen molar-refractivity contribution in [2.75, 3.05) is 11.4 Å². The van der Waals surface area contributed by atoms with Crippen LogP contribution in [-0.2, 0) is 0 Å². The maximum atomic E-state index is 11.4. The van der Waals surface area contributed by atoms with E-state index in [-0.39, 0.29) is 10.6 Å². The lowest BCUT2D eigenvalue weighted by atomic mass is 9.96. The van der Waals surface area contributed by atoms with Crippen LogP contribution in [0.1, 0.15) is 57.6 Å². The fraction of sp³-hybridized carbons (Fsp3) is 0.625. The number of hydrogen-bond donors (Lipinski definition) is 1. The molecule has 0 aliphatic carbocycles. The molecule has 0 bridgehead atoms. The van der Waals surface area contributed by atoms with Gasteiger partial charge in [0.05, 0.1) is 11.0 Å². The summed E-state index contributed by atoms with van der Waals surface area (Å²) in [6.45, 7) is 4.65. The van der Waals surface area contributed by atoms with Crippen LogP contribution in [0.2, 0.25) is 0 Å². The van der Waals surface area contributed by atoms with Crippen molar-refractivity contribution in [1.29, 1.82) is 0 Å². The molecular weight excluding hydrogens is 268 g/mol. The monoisotopic (exact) mass is 292 g/mol. The molecule has 0 spiro atoms. The van der Waals surface area contributed by atoms with Gasteiger partial charge in [0.1, 0.15) is 5.69 Å². The van der Waals surface area contributed by atoms with Gasteiger partial charge in [0.15, 0.2) is 0 Å². The molecule has 1 aromatic carbocycles. The van der Waals surface area contributed by atoms with E-state index in [1.807, 2.05) is 0 Å². The molecule has 1 N–H and O–H groups in total. The largest absolute Gasteiger partial charge is 0.389 e. The summed E-state index contributed by atoms with van der Waals surface area (Å²) in [5.74, 6) is 0. The number of rotatable bonds is 5. The first-order chi connectivity index (χ1) is 10.0. The van der Waals surface area contributed by atoms with Gasteiger partial charge in [0.2, 0.25) is 0 Å². The number of piperidine rings is 1. The van der Waals surface area contributed by atoms with Crippen LogP contribution in [0, 0.1) is 10.1 Å². The van der Waals surface area contributed by atoms with Crippen molar-refractivity contribution in [2.24, 2.45) is 0 Å². The number of aliphatic hydroxyl groups excluding tert-OH is 1. The van der Waals surface area contributed by atoms with E-state index >= 15 is 0 Å². The highest BCUT2D eigenvalue weighted by Crippen LogP contribution is 2.35. The van der Waals surface area contributed by atoms with E-state index in [0.29, 0.717) is 17.3 Å². The van der Waals surface area contributed by atoms with Crippen LogP contribution in [0.4, 0.5) is 11.4 Å². The second-order valence-electron chi connectivity index (χ2n) is 5.81. The highest BCUT2D eigenvalue weighted by molar-refractivity contribution is 5.65. The zero-order chi connectivity index (χ0) is 15.4. The van der Waals surface area contributed by atoms with Crippen molar-refractivity contribution in [3.63, 3.8) is 0 Å². The number of hydrogen-bond acceptors (Lipinski definition) is 4. The highest BCUT2D eigenvalue weighted by atomic mass is 16.6. The molecule has 1 heterocycles. The van der Waals surface area contributed by atoms with Gasteiger partial charge >= 0.3 is 0 Å². The van der Waals surface area contributed by atoms with Gasteiger partial charge in [0, 0.05) is 18.7 Å². The SMILES string of the molecule is CCCC1CCCCN1c1ccc([C@@H](C)O)cc1[N+](=O)[O-]. The van der Waals surface area contributed by atoms with Gasteiger partial charge in [-0.15, -0.1) is 0 Å². The number of benzene rings is 1. The molecule has 5 nitrogen and oxygen atoms in total. The average molecular weight is 292 g/mol. The molecule has 1 aliphatic heterocycles. The Labute approximate surface area is 125 Å². The van der Waals surface area contributed by atoms with E-state index in [4.69, 9.17) is 0 Å². The summed E-state index contributed by atoms with van der Waals surface area (Å²) in [4.78, 5) is 13.3. The molecule has 0 radical (unpaired) electrons. The molecule has 0 saturated carbocycles. The van der Waals surface area contributed by atoms with Crippen LogP contribution >= 0.6 is 0 Å². The topological polar surface area (TPSA) is 66.6 Å². The van der Waals surface area contributed by atoms with Crippen molar-refractivity contribution in [1.82, 2.24) is 0 Å². The van der Waals surface area contributed by atoms with Crippen molar-refractivity contribution >= 4 is 11.4 Å². The van der Waals surface area contributed by atoms with Crippen LogP contribution in [0.3, 0.4) is 0 Å². The van der Waals surface area contributed by atoms with Gasteiger partial charge in [-0.25, -0.2) is 0 Å². The zero-order valence-electron chi connectivity index (χ0n) is 12.8. The quantitative estimate of drug-likeness (QED) is 0.662. The average Bonchev–Trinajstić information content (AvgIpc) is 2.47. The van der Waals surface area contributed by atoms with Crippen LogP contribution in [0.25, 0.3) is 0 Å². The molecular formula is C16H24N2O3. The Morgan fingerprint density at radius 3 is 2.86 bits per heavy atom. The van der Waals surface area contributed by atoms with E-state index in [2.05, 4.69) is 11.8 Å². The van der Waals surface area contributed by atoms with Crippen LogP contribution in [0.5, 0.6) is 0 Å². The molecule has 116 valence electrons. The predicted octanol–water partition coefficient (Wildman–Crippen LogP) is 3.81. The van der Waals surface area contributed by atoms with Crippen molar-refractivity contribution in [2.45, 2.75) is 58.1 Å². The molecule has 1 aliphatic rings. The Hall–Kier alpha value is -1.62. The Balaban J connectivity index is 2.38. The molecule has 2 atom stereocenters. The molecule has 1 saturated heterocycles. The minimum absolute atomic E-state index is 0.108. The first-order valence-corrected chi connectivity index (χ1v) is 7.77. The molecule has 1 aromatic rings. The fourth-order valence-electron chi connectivity index (χ4n) is 3.14. The normalized spacial score (nSPS) is 20.3. The number of aliphatic hydroxyl groups is 1. The summed E-state index contributed by atoms with van der Waals surface area (Å²) in [5, 5.41) is 21.0. The lowest BCUT2D eigenvalue weighted by Gasteiger charge is -2.37. The maximum Gasteiger partial charge on any atom is 0.292 e. The number of nitro benzene ring substituents is 1. The first kappa shape index (κ1) is 15.8. The molecule has 2 rings (SSSR count). The Kier molecular flexibility index (Phi) is 5.17. The minimum Gasteiger partial charge on any atom is -0.389 e. The number of nitrogens with zero attached hydrogens (tertiary/aromatic N) is 2. The van der Waals surface area contributed by atoms with Crippen LogP contribution in [-0.4, -0.2) is 22.6 Å². The molecule has 1 unspecified atom stereocenters. The smallest absolute Gasteiger partial charge is 0.292 e. The highest BCUT2D eigenvalue weighted by Gasteiger charge is 2.28. The predicted molar refractivity (Wildman–Crippen MR) is 83.6 cm³/mol. The molecule has 5 heteroatoms. The standard InChI is InChI=1S/C16H24N2O3/c1-3-6-14-7-4-5-10-17(14)15-9-8-13(12(2)19)11-16(15)18(20)21/h8-9,11-12,14,19H,3-7,10H2,1-2H3/t12-,14?/m1/s1. The Morgan fingerprint density at radius 1 is 1.48 bits per heavy atom. The molecule has 0 amide bonds. The maximum absolute atomic E-state index is 11.4. The summed E-state index contributed by atoms with van der Waals surface area (Å²) in [6.07, 6.45) is 4.83. The Bertz CT molecular complexity index is 500. The summed E-state index contributed by atoms with van der Waals surface area (Å²) >= 11 is 0.